The van der Waals surface area contributed by atoms with Crippen molar-refractivity contribution in [2.45, 2.75) is 64.0 Å². The Hall–Kier alpha value is -1.88. The molecule has 1 aliphatic carbocycles. The van der Waals surface area contributed by atoms with Gasteiger partial charge in [0.1, 0.15) is 0 Å². The Kier molecular flexibility index (Phi) is 5.95. The number of nitrogens with zero attached hydrogens (tertiary/aromatic N) is 2. The molecular formula is C24H35N3O2. The van der Waals surface area contributed by atoms with Gasteiger partial charge < -0.3 is 10.2 Å². The third kappa shape index (κ3) is 4.82. The molecule has 158 valence electrons. The minimum Gasteiger partial charge on any atom is -0.347 e. The summed E-state index contributed by atoms with van der Waals surface area (Å²) in [4.78, 5) is 29.9. The molecule has 5 heteroatoms. The van der Waals surface area contributed by atoms with Gasteiger partial charge in [-0.2, -0.15) is 0 Å². The standard InChI is InChI=1S/C24H35N3O2/c1-24(2,20-8-4-3-5-9-20)25-22(28)19-7-6-14-27(17-19)21-12-15-26(16-13-21)23(29)18-10-11-18/h3-5,8-9,18-19,21H,6-7,10-17H2,1-2H3,(H,25,28)/t19-/m1/s1. The lowest BCUT2D eigenvalue weighted by Crippen LogP contribution is -2.53. The van der Waals surface area contributed by atoms with Crippen molar-refractivity contribution in [3.63, 3.8) is 0 Å². The number of likely N-dealkylation sites (tertiary alicyclic amines) is 2. The fourth-order valence-corrected chi connectivity index (χ4v) is 4.93. The number of hydrogen-bond acceptors (Lipinski definition) is 3. The number of carbonyl (C=O) groups excluding carboxylic acids is 2. The van der Waals surface area contributed by atoms with E-state index in [1.54, 1.807) is 0 Å². The molecule has 2 saturated heterocycles. The van der Waals surface area contributed by atoms with Crippen molar-refractivity contribution in [3.8, 4) is 0 Å². The summed E-state index contributed by atoms with van der Waals surface area (Å²) >= 11 is 0. The molecule has 4 rings (SSSR count). The Bertz CT molecular complexity index is 721. The Labute approximate surface area is 174 Å². The minimum atomic E-state index is -0.366. The summed E-state index contributed by atoms with van der Waals surface area (Å²) in [5.74, 6) is 0.924. The Morgan fingerprint density at radius 2 is 1.62 bits per heavy atom. The Morgan fingerprint density at radius 3 is 2.28 bits per heavy atom. The van der Waals surface area contributed by atoms with Gasteiger partial charge in [-0.1, -0.05) is 30.3 Å². The highest BCUT2D eigenvalue weighted by Gasteiger charge is 2.37. The van der Waals surface area contributed by atoms with Crippen LogP contribution in [-0.4, -0.2) is 53.8 Å². The fourth-order valence-electron chi connectivity index (χ4n) is 4.93. The van der Waals surface area contributed by atoms with Crippen LogP contribution in [0, 0.1) is 11.8 Å². The van der Waals surface area contributed by atoms with E-state index >= 15 is 0 Å². The minimum absolute atomic E-state index is 0.0536. The number of nitrogens with one attached hydrogen (secondary N) is 1. The normalized spacial score (nSPS) is 24.3. The molecule has 2 amide bonds. The summed E-state index contributed by atoms with van der Waals surface area (Å²) in [6.07, 6.45) is 6.30. The summed E-state index contributed by atoms with van der Waals surface area (Å²) in [5.41, 5.74) is 0.767. The highest BCUT2D eigenvalue weighted by atomic mass is 16.2. The van der Waals surface area contributed by atoms with Gasteiger partial charge >= 0.3 is 0 Å². The van der Waals surface area contributed by atoms with Crippen molar-refractivity contribution >= 4 is 11.8 Å². The van der Waals surface area contributed by atoms with Crippen molar-refractivity contribution in [3.05, 3.63) is 35.9 Å². The summed E-state index contributed by atoms with van der Waals surface area (Å²) in [7, 11) is 0. The van der Waals surface area contributed by atoms with Crippen molar-refractivity contribution < 1.29 is 9.59 Å². The quantitative estimate of drug-likeness (QED) is 0.830. The maximum atomic E-state index is 13.0. The maximum absolute atomic E-state index is 13.0. The third-order valence-electron chi connectivity index (χ3n) is 6.97. The van der Waals surface area contributed by atoms with Crippen LogP contribution in [-0.2, 0) is 15.1 Å². The van der Waals surface area contributed by atoms with Crippen LogP contribution in [0.15, 0.2) is 30.3 Å². The number of benzene rings is 1. The molecule has 2 aliphatic heterocycles. The van der Waals surface area contributed by atoms with E-state index in [4.69, 9.17) is 0 Å². The van der Waals surface area contributed by atoms with E-state index in [1.807, 2.05) is 18.2 Å². The molecule has 0 unspecified atom stereocenters. The average Bonchev–Trinajstić information content (AvgIpc) is 3.59. The van der Waals surface area contributed by atoms with Crippen molar-refractivity contribution in [2.24, 2.45) is 11.8 Å². The molecule has 0 aromatic heterocycles. The highest BCUT2D eigenvalue weighted by molar-refractivity contribution is 5.81. The second-order valence-corrected chi connectivity index (χ2v) is 9.65. The first kappa shape index (κ1) is 20.4. The predicted molar refractivity (Wildman–Crippen MR) is 114 cm³/mol. The van der Waals surface area contributed by atoms with E-state index in [1.165, 1.54) is 0 Å². The Morgan fingerprint density at radius 1 is 0.931 bits per heavy atom. The number of piperidine rings is 2. The zero-order valence-electron chi connectivity index (χ0n) is 17.9. The van der Waals surface area contributed by atoms with Gasteiger partial charge in [0, 0.05) is 31.6 Å². The van der Waals surface area contributed by atoms with E-state index in [9.17, 15) is 9.59 Å². The number of amides is 2. The smallest absolute Gasteiger partial charge is 0.225 e. The molecule has 29 heavy (non-hydrogen) atoms. The average molecular weight is 398 g/mol. The van der Waals surface area contributed by atoms with Gasteiger partial charge in [-0.25, -0.2) is 0 Å². The topological polar surface area (TPSA) is 52.7 Å². The Balaban J connectivity index is 1.30. The molecule has 3 fully saturated rings. The van der Waals surface area contributed by atoms with E-state index in [2.05, 4.69) is 41.1 Å². The van der Waals surface area contributed by atoms with E-state index in [0.717, 1.165) is 70.3 Å². The molecule has 1 aromatic rings. The summed E-state index contributed by atoms with van der Waals surface area (Å²) in [6.45, 7) is 7.84. The number of rotatable bonds is 5. The van der Waals surface area contributed by atoms with Crippen LogP contribution in [0.4, 0.5) is 0 Å². The van der Waals surface area contributed by atoms with Gasteiger partial charge in [-0.05, 0) is 64.5 Å². The summed E-state index contributed by atoms with van der Waals surface area (Å²) < 4.78 is 0. The zero-order valence-corrected chi connectivity index (χ0v) is 17.9. The van der Waals surface area contributed by atoms with Gasteiger partial charge in [0.2, 0.25) is 11.8 Å². The summed E-state index contributed by atoms with van der Waals surface area (Å²) in [5, 5.41) is 3.29. The van der Waals surface area contributed by atoms with Crippen molar-refractivity contribution in [1.29, 1.82) is 0 Å². The first-order chi connectivity index (χ1) is 13.9. The lowest BCUT2D eigenvalue weighted by Gasteiger charge is -2.42. The molecule has 0 radical (unpaired) electrons. The maximum Gasteiger partial charge on any atom is 0.225 e. The predicted octanol–water partition coefficient (Wildman–Crippen LogP) is 3.15. The number of carbonyl (C=O) groups is 2. The highest BCUT2D eigenvalue weighted by Crippen LogP contribution is 2.33. The summed E-state index contributed by atoms with van der Waals surface area (Å²) in [6, 6.07) is 10.7. The second kappa shape index (κ2) is 8.47. The van der Waals surface area contributed by atoms with Gasteiger partial charge in [-0.3, -0.25) is 14.5 Å². The molecular weight excluding hydrogens is 362 g/mol. The van der Waals surface area contributed by atoms with Gasteiger partial charge in [-0.15, -0.1) is 0 Å². The van der Waals surface area contributed by atoms with E-state index < -0.39 is 0 Å². The number of hydrogen-bond donors (Lipinski definition) is 1. The fraction of sp³-hybridized carbons (Fsp3) is 0.667. The molecule has 2 heterocycles. The van der Waals surface area contributed by atoms with Crippen LogP contribution in [0.5, 0.6) is 0 Å². The lowest BCUT2D eigenvalue weighted by molar-refractivity contribution is -0.134. The van der Waals surface area contributed by atoms with Crippen LogP contribution in [0.25, 0.3) is 0 Å². The molecule has 0 bridgehead atoms. The lowest BCUT2D eigenvalue weighted by atomic mass is 9.90. The van der Waals surface area contributed by atoms with E-state index in [-0.39, 0.29) is 17.4 Å². The second-order valence-electron chi connectivity index (χ2n) is 9.65. The molecule has 1 N–H and O–H groups in total. The largest absolute Gasteiger partial charge is 0.347 e. The monoisotopic (exact) mass is 397 g/mol. The van der Waals surface area contributed by atoms with E-state index in [0.29, 0.717) is 17.9 Å². The zero-order chi connectivity index (χ0) is 20.4. The van der Waals surface area contributed by atoms with Crippen molar-refractivity contribution in [1.82, 2.24) is 15.1 Å². The van der Waals surface area contributed by atoms with Crippen LogP contribution in [0.2, 0.25) is 0 Å². The van der Waals surface area contributed by atoms with Gasteiger partial charge in [0.05, 0.1) is 11.5 Å². The third-order valence-corrected chi connectivity index (χ3v) is 6.97. The van der Waals surface area contributed by atoms with Crippen LogP contribution in [0.3, 0.4) is 0 Å². The van der Waals surface area contributed by atoms with Crippen LogP contribution < -0.4 is 5.32 Å². The molecule has 0 spiro atoms. The van der Waals surface area contributed by atoms with Gasteiger partial charge in [0.25, 0.3) is 0 Å². The first-order valence-electron chi connectivity index (χ1n) is 11.3. The molecule has 5 nitrogen and oxygen atoms in total. The van der Waals surface area contributed by atoms with Gasteiger partial charge in [0.15, 0.2) is 0 Å². The molecule has 1 atom stereocenters. The van der Waals surface area contributed by atoms with Crippen LogP contribution in [0.1, 0.15) is 57.9 Å². The van der Waals surface area contributed by atoms with Crippen molar-refractivity contribution in [2.75, 3.05) is 26.2 Å². The molecule has 1 saturated carbocycles. The molecule has 3 aliphatic rings. The van der Waals surface area contributed by atoms with Crippen LogP contribution >= 0.6 is 0 Å². The molecule has 1 aromatic carbocycles. The SMILES string of the molecule is CC(C)(NC(=O)[C@@H]1CCCN(C2CCN(C(=O)C3CC3)CC2)C1)c1ccccc1. The first-order valence-corrected chi connectivity index (χ1v) is 11.3.